The minimum absolute atomic E-state index is 0.724. The van der Waals surface area contributed by atoms with E-state index in [1.165, 1.54) is 51.7 Å². The molecule has 3 rings (SSSR count). The molecule has 0 bridgehead atoms. The predicted molar refractivity (Wildman–Crippen MR) is 71.2 cm³/mol. The van der Waals surface area contributed by atoms with Crippen LogP contribution < -0.4 is 5.32 Å². The molecule has 1 aliphatic heterocycles. The predicted octanol–water partition coefficient (Wildman–Crippen LogP) is 1.30. The highest BCUT2D eigenvalue weighted by atomic mass is 15.3. The molecule has 17 heavy (non-hydrogen) atoms. The molecule has 1 heterocycles. The van der Waals surface area contributed by atoms with E-state index in [1.54, 1.807) is 0 Å². The van der Waals surface area contributed by atoms with Crippen molar-refractivity contribution in [1.29, 1.82) is 0 Å². The quantitative estimate of drug-likeness (QED) is 0.751. The van der Waals surface area contributed by atoms with Gasteiger partial charge < -0.3 is 10.2 Å². The molecular formula is C14H27N3. The lowest BCUT2D eigenvalue weighted by molar-refractivity contribution is 0.183. The maximum Gasteiger partial charge on any atom is 0.0209 e. The molecular weight excluding hydrogens is 210 g/mol. The zero-order chi connectivity index (χ0) is 11.8. The summed E-state index contributed by atoms with van der Waals surface area (Å²) in [6.07, 6.45) is 7.03. The van der Waals surface area contributed by atoms with E-state index >= 15 is 0 Å². The summed E-state index contributed by atoms with van der Waals surface area (Å²) < 4.78 is 0. The highest BCUT2D eigenvalue weighted by molar-refractivity contribution is 4.91. The summed E-state index contributed by atoms with van der Waals surface area (Å²) in [5.41, 5.74) is 0. The molecule has 3 heteroatoms. The fraction of sp³-hybridized carbons (Fsp3) is 1.00. The van der Waals surface area contributed by atoms with E-state index in [0.717, 1.165) is 24.2 Å². The van der Waals surface area contributed by atoms with Crippen LogP contribution >= 0.6 is 0 Å². The van der Waals surface area contributed by atoms with Crippen molar-refractivity contribution in [3.05, 3.63) is 0 Å². The number of nitrogens with zero attached hydrogens (tertiary/aromatic N) is 2. The van der Waals surface area contributed by atoms with Crippen LogP contribution in [0.15, 0.2) is 0 Å². The normalized spacial score (nSPS) is 32.3. The number of hydrogen-bond donors (Lipinski definition) is 1. The van der Waals surface area contributed by atoms with E-state index in [2.05, 4.69) is 29.1 Å². The number of likely N-dealkylation sites (N-methyl/N-ethyl adjacent to an activating group) is 1. The molecule has 0 aromatic heterocycles. The summed E-state index contributed by atoms with van der Waals surface area (Å²) in [6.45, 7) is 6.22. The summed E-state index contributed by atoms with van der Waals surface area (Å²) in [4.78, 5) is 5.24. The van der Waals surface area contributed by atoms with Gasteiger partial charge in [-0.1, -0.05) is 0 Å². The van der Waals surface area contributed by atoms with Crippen LogP contribution in [-0.4, -0.2) is 60.6 Å². The summed E-state index contributed by atoms with van der Waals surface area (Å²) in [5, 5.41) is 3.77. The first kappa shape index (κ1) is 11.9. The molecule has 0 radical (unpaired) electrons. The van der Waals surface area contributed by atoms with E-state index in [9.17, 15) is 0 Å². The van der Waals surface area contributed by atoms with Crippen molar-refractivity contribution in [1.82, 2.24) is 15.1 Å². The maximum absolute atomic E-state index is 3.77. The Kier molecular flexibility index (Phi) is 3.42. The summed E-state index contributed by atoms with van der Waals surface area (Å²) in [6, 6.07) is 3.27. The van der Waals surface area contributed by atoms with Crippen LogP contribution in [0.1, 0.15) is 39.0 Å². The molecule has 2 atom stereocenters. The Morgan fingerprint density at radius 1 is 1.18 bits per heavy atom. The second kappa shape index (κ2) is 4.87. The molecule has 0 amide bonds. The zero-order valence-electron chi connectivity index (χ0n) is 11.4. The van der Waals surface area contributed by atoms with Crippen LogP contribution in [0.2, 0.25) is 0 Å². The lowest BCUT2D eigenvalue weighted by atomic mass is 10.2. The third-order valence-electron chi connectivity index (χ3n) is 4.66. The van der Waals surface area contributed by atoms with E-state index in [4.69, 9.17) is 0 Å². The smallest absolute Gasteiger partial charge is 0.0209 e. The molecule has 0 aromatic rings. The van der Waals surface area contributed by atoms with Crippen LogP contribution in [-0.2, 0) is 0 Å². The molecule has 2 aliphatic carbocycles. The van der Waals surface area contributed by atoms with Crippen molar-refractivity contribution in [2.75, 3.05) is 26.7 Å². The van der Waals surface area contributed by atoms with Crippen LogP contribution in [0.3, 0.4) is 0 Å². The Morgan fingerprint density at radius 2 is 1.94 bits per heavy atom. The molecule has 3 fully saturated rings. The fourth-order valence-corrected chi connectivity index (χ4v) is 3.06. The molecule has 1 saturated heterocycles. The van der Waals surface area contributed by atoms with Crippen molar-refractivity contribution < 1.29 is 0 Å². The molecule has 2 saturated carbocycles. The minimum atomic E-state index is 0.724. The molecule has 0 spiro atoms. The molecule has 3 nitrogen and oxygen atoms in total. The van der Waals surface area contributed by atoms with Gasteiger partial charge in [0.1, 0.15) is 0 Å². The van der Waals surface area contributed by atoms with Gasteiger partial charge in [0.2, 0.25) is 0 Å². The SMILES string of the molecule is CC(CN1CCC(NC2CC2)C1)N(C)C1CC1. The van der Waals surface area contributed by atoms with Gasteiger partial charge in [-0.05, 0) is 52.6 Å². The van der Waals surface area contributed by atoms with E-state index in [0.29, 0.717) is 0 Å². The first-order valence-electron chi connectivity index (χ1n) is 7.42. The minimum Gasteiger partial charge on any atom is -0.310 e. The summed E-state index contributed by atoms with van der Waals surface area (Å²) >= 11 is 0. The Balaban J connectivity index is 1.39. The molecule has 0 aromatic carbocycles. The number of rotatable bonds is 6. The van der Waals surface area contributed by atoms with Gasteiger partial charge in [-0.3, -0.25) is 4.90 Å². The van der Waals surface area contributed by atoms with Gasteiger partial charge >= 0.3 is 0 Å². The fourth-order valence-electron chi connectivity index (χ4n) is 3.06. The van der Waals surface area contributed by atoms with Gasteiger partial charge in [-0.25, -0.2) is 0 Å². The molecule has 98 valence electrons. The van der Waals surface area contributed by atoms with Crippen LogP contribution in [0, 0.1) is 0 Å². The Bertz CT molecular complexity index is 260. The Labute approximate surface area is 106 Å². The van der Waals surface area contributed by atoms with Crippen LogP contribution in [0.25, 0.3) is 0 Å². The van der Waals surface area contributed by atoms with Crippen LogP contribution in [0.4, 0.5) is 0 Å². The van der Waals surface area contributed by atoms with Gasteiger partial charge in [0.25, 0.3) is 0 Å². The second-order valence-corrected chi connectivity index (χ2v) is 6.43. The van der Waals surface area contributed by atoms with Gasteiger partial charge in [0.05, 0.1) is 0 Å². The summed E-state index contributed by atoms with van der Waals surface area (Å²) in [5.74, 6) is 0. The first-order valence-corrected chi connectivity index (χ1v) is 7.42. The average molecular weight is 237 g/mol. The number of likely N-dealkylation sites (tertiary alicyclic amines) is 1. The standard InChI is InChI=1S/C14H27N3/c1-11(16(2)14-5-6-14)9-17-8-7-13(10-17)15-12-3-4-12/h11-15H,3-10H2,1-2H3. The molecule has 3 aliphatic rings. The van der Waals surface area contributed by atoms with E-state index in [-0.39, 0.29) is 0 Å². The third-order valence-corrected chi connectivity index (χ3v) is 4.66. The zero-order valence-corrected chi connectivity index (χ0v) is 11.4. The summed E-state index contributed by atoms with van der Waals surface area (Å²) in [7, 11) is 2.30. The van der Waals surface area contributed by atoms with Crippen molar-refractivity contribution in [2.45, 2.75) is 63.2 Å². The van der Waals surface area contributed by atoms with E-state index < -0.39 is 0 Å². The highest BCUT2D eigenvalue weighted by Crippen LogP contribution is 2.27. The lowest BCUT2D eigenvalue weighted by Gasteiger charge is -2.28. The first-order chi connectivity index (χ1) is 8.22. The average Bonchev–Trinajstić information content (AvgIpc) is 3.19. The van der Waals surface area contributed by atoms with Gasteiger partial charge in [-0.15, -0.1) is 0 Å². The Hall–Kier alpha value is -0.120. The van der Waals surface area contributed by atoms with Gasteiger partial charge in [-0.2, -0.15) is 0 Å². The lowest BCUT2D eigenvalue weighted by Crippen LogP contribution is -2.42. The maximum atomic E-state index is 3.77. The number of hydrogen-bond acceptors (Lipinski definition) is 3. The second-order valence-electron chi connectivity index (χ2n) is 6.43. The molecule has 1 N–H and O–H groups in total. The van der Waals surface area contributed by atoms with Crippen molar-refractivity contribution in [2.24, 2.45) is 0 Å². The van der Waals surface area contributed by atoms with Crippen molar-refractivity contribution >= 4 is 0 Å². The number of nitrogens with one attached hydrogen (secondary N) is 1. The van der Waals surface area contributed by atoms with Crippen LogP contribution in [0.5, 0.6) is 0 Å². The largest absolute Gasteiger partial charge is 0.310 e. The topological polar surface area (TPSA) is 18.5 Å². The monoisotopic (exact) mass is 237 g/mol. The van der Waals surface area contributed by atoms with Gasteiger partial charge in [0.15, 0.2) is 0 Å². The molecule has 2 unspecified atom stereocenters. The highest BCUT2D eigenvalue weighted by Gasteiger charge is 2.32. The Morgan fingerprint density at radius 3 is 2.59 bits per heavy atom. The third kappa shape index (κ3) is 3.21. The van der Waals surface area contributed by atoms with E-state index in [1.807, 2.05) is 0 Å². The van der Waals surface area contributed by atoms with Gasteiger partial charge in [0, 0.05) is 37.3 Å². The van der Waals surface area contributed by atoms with Crippen molar-refractivity contribution in [3.63, 3.8) is 0 Å². The van der Waals surface area contributed by atoms with Crippen molar-refractivity contribution in [3.8, 4) is 0 Å².